The van der Waals surface area contributed by atoms with Gasteiger partial charge in [0.1, 0.15) is 11.0 Å². The minimum absolute atomic E-state index is 0.0977. The van der Waals surface area contributed by atoms with Crippen LogP contribution in [0, 0.1) is 3.95 Å². The van der Waals surface area contributed by atoms with Gasteiger partial charge in [-0.05, 0) is 12.2 Å². The number of thiazole rings is 1. The van der Waals surface area contributed by atoms with Gasteiger partial charge in [0.05, 0.1) is 6.54 Å². The molecule has 2 heterocycles. The number of halogens is 1. The summed E-state index contributed by atoms with van der Waals surface area (Å²) in [5.74, 6) is 0. The van der Waals surface area contributed by atoms with Crippen LogP contribution >= 0.6 is 39.5 Å². The number of nitrogens with zero attached hydrogens (tertiary/aromatic N) is 3. The van der Waals surface area contributed by atoms with E-state index in [1.54, 1.807) is 10.6 Å². The van der Waals surface area contributed by atoms with Gasteiger partial charge in [0.2, 0.25) is 0 Å². The van der Waals surface area contributed by atoms with E-state index >= 15 is 0 Å². The second kappa shape index (κ2) is 5.29. The molecule has 7 heteroatoms. The Kier molecular flexibility index (Phi) is 3.94. The molecule has 4 nitrogen and oxygen atoms in total. The summed E-state index contributed by atoms with van der Waals surface area (Å²) in [6, 6.07) is 0. The Morgan fingerprint density at radius 2 is 2.39 bits per heavy atom. The van der Waals surface area contributed by atoms with Crippen molar-refractivity contribution in [2.24, 2.45) is 0 Å². The molecule has 0 bridgehead atoms. The summed E-state index contributed by atoms with van der Waals surface area (Å²) in [6.07, 6.45) is 3.24. The van der Waals surface area contributed by atoms with Gasteiger partial charge in [-0.3, -0.25) is 9.36 Å². The predicted octanol–water partition coefficient (Wildman–Crippen LogP) is 3.08. The van der Waals surface area contributed by atoms with Gasteiger partial charge in [-0.2, -0.15) is 0 Å². The summed E-state index contributed by atoms with van der Waals surface area (Å²) >= 11 is 9.74. The number of aromatic nitrogens is 3. The first-order valence-electron chi connectivity index (χ1n) is 5.07. The van der Waals surface area contributed by atoms with Crippen LogP contribution in [0.2, 0.25) is 0 Å². The van der Waals surface area contributed by atoms with Crippen LogP contribution in [0.5, 0.6) is 0 Å². The van der Waals surface area contributed by atoms with Gasteiger partial charge in [0.15, 0.2) is 9.60 Å². The Labute approximate surface area is 121 Å². The molecule has 0 atom stereocenters. The normalized spacial score (nSPS) is 10.7. The Morgan fingerprint density at radius 1 is 1.67 bits per heavy atom. The molecule has 0 aliphatic carbocycles. The molecule has 0 amide bonds. The van der Waals surface area contributed by atoms with Crippen molar-refractivity contribution in [1.29, 1.82) is 0 Å². The molecule has 2 aromatic rings. The lowest BCUT2D eigenvalue weighted by Gasteiger charge is -2.04. The van der Waals surface area contributed by atoms with Gasteiger partial charge in [-0.1, -0.05) is 39.9 Å². The number of fused-ring (bicyclic) bond motifs is 1. The molecule has 0 saturated heterocycles. The largest absolute Gasteiger partial charge is 0.304 e. The van der Waals surface area contributed by atoms with Crippen LogP contribution in [0.4, 0.5) is 0 Å². The molecule has 0 aromatic carbocycles. The van der Waals surface area contributed by atoms with Gasteiger partial charge < -0.3 is 4.57 Å². The molecule has 18 heavy (non-hydrogen) atoms. The third-order valence-electron chi connectivity index (χ3n) is 2.30. The first kappa shape index (κ1) is 13.4. The Balaban J connectivity index is 2.70. The summed E-state index contributed by atoms with van der Waals surface area (Å²) in [5.41, 5.74) is 0.519. The lowest BCUT2D eigenvalue weighted by Crippen LogP contribution is -2.20. The minimum atomic E-state index is -0.0977. The summed E-state index contributed by atoms with van der Waals surface area (Å²) in [4.78, 5) is 16.5. The van der Waals surface area contributed by atoms with Crippen LogP contribution < -0.4 is 5.56 Å². The smallest absolute Gasteiger partial charge is 0.273 e. The number of hydrogen-bond acceptors (Lipinski definition) is 4. The van der Waals surface area contributed by atoms with Gasteiger partial charge in [-0.15, -0.1) is 6.58 Å². The number of hydrogen-bond donors (Lipinski definition) is 0. The molecule has 0 N–H and O–H groups in total. The van der Waals surface area contributed by atoms with Crippen LogP contribution in [0.3, 0.4) is 0 Å². The first-order chi connectivity index (χ1) is 8.54. The van der Waals surface area contributed by atoms with E-state index in [1.807, 2.05) is 0 Å². The zero-order valence-corrected chi connectivity index (χ0v) is 12.6. The third-order valence-corrected chi connectivity index (χ3v) is 3.97. The van der Waals surface area contributed by atoms with E-state index in [1.165, 1.54) is 22.2 Å². The van der Waals surface area contributed by atoms with Crippen LogP contribution in [-0.2, 0) is 13.1 Å². The number of rotatable bonds is 4. The molecular formula is C11H10BrN3OS2. The summed E-state index contributed by atoms with van der Waals surface area (Å²) in [7, 11) is 0. The zero-order valence-electron chi connectivity index (χ0n) is 9.43. The fraction of sp³-hybridized carbons (Fsp3) is 0.182. The molecule has 0 fully saturated rings. The van der Waals surface area contributed by atoms with Gasteiger partial charge in [0.25, 0.3) is 5.56 Å². The van der Waals surface area contributed by atoms with E-state index in [0.717, 1.165) is 4.48 Å². The minimum Gasteiger partial charge on any atom is -0.304 e. The highest BCUT2D eigenvalue weighted by Gasteiger charge is 2.11. The lowest BCUT2D eigenvalue weighted by molar-refractivity contribution is 0.754. The van der Waals surface area contributed by atoms with Crippen molar-refractivity contribution in [2.75, 3.05) is 0 Å². The van der Waals surface area contributed by atoms with Gasteiger partial charge in [0, 0.05) is 11.0 Å². The summed E-state index contributed by atoms with van der Waals surface area (Å²) in [5, 5.41) is 0. The molecule has 0 saturated carbocycles. The number of allylic oxidation sites excluding steroid dienone is 2. The summed E-state index contributed by atoms with van der Waals surface area (Å²) < 4.78 is 5.22. The molecule has 2 rings (SSSR count). The van der Waals surface area contributed by atoms with Crippen molar-refractivity contribution in [1.82, 2.24) is 14.1 Å². The van der Waals surface area contributed by atoms with Crippen molar-refractivity contribution in [3.63, 3.8) is 0 Å². The molecule has 2 aromatic heterocycles. The molecule has 0 unspecified atom stereocenters. The second-order valence-electron chi connectivity index (χ2n) is 3.61. The van der Waals surface area contributed by atoms with Crippen molar-refractivity contribution in [3.05, 3.63) is 44.4 Å². The molecule has 0 aliphatic rings. The fourth-order valence-electron chi connectivity index (χ4n) is 1.56. The quantitative estimate of drug-likeness (QED) is 0.632. The van der Waals surface area contributed by atoms with Crippen molar-refractivity contribution in [2.45, 2.75) is 13.1 Å². The van der Waals surface area contributed by atoms with Crippen molar-refractivity contribution >= 4 is 49.8 Å². The maximum atomic E-state index is 12.2. The first-order valence-corrected chi connectivity index (χ1v) is 7.09. The molecule has 0 radical (unpaired) electrons. The Bertz CT molecular complexity index is 741. The van der Waals surface area contributed by atoms with E-state index in [2.05, 4.69) is 34.1 Å². The second-order valence-corrected chi connectivity index (χ2v) is 6.38. The molecule has 0 aliphatic heterocycles. The zero-order chi connectivity index (χ0) is 13.3. The monoisotopic (exact) mass is 343 g/mol. The van der Waals surface area contributed by atoms with E-state index in [4.69, 9.17) is 12.2 Å². The van der Waals surface area contributed by atoms with E-state index < -0.39 is 0 Å². The Hall–Kier alpha value is -1.05. The molecule has 0 spiro atoms. The fourth-order valence-corrected chi connectivity index (χ4v) is 3.15. The predicted molar refractivity (Wildman–Crippen MR) is 81.0 cm³/mol. The SMILES string of the molecule is C=CCn1c(=S)sc2c(=O)n(CC(=C)Br)cnc21. The Morgan fingerprint density at radius 3 is 3.00 bits per heavy atom. The van der Waals surface area contributed by atoms with E-state index in [0.29, 0.717) is 27.4 Å². The topological polar surface area (TPSA) is 39.8 Å². The maximum Gasteiger partial charge on any atom is 0.273 e. The lowest BCUT2D eigenvalue weighted by atomic mass is 10.5. The van der Waals surface area contributed by atoms with Crippen LogP contribution in [0.15, 0.2) is 34.8 Å². The third kappa shape index (κ3) is 2.38. The summed E-state index contributed by atoms with van der Waals surface area (Å²) in [6.45, 7) is 8.34. The van der Waals surface area contributed by atoms with Gasteiger partial charge in [-0.25, -0.2) is 4.98 Å². The van der Waals surface area contributed by atoms with Crippen LogP contribution in [0.1, 0.15) is 0 Å². The highest BCUT2D eigenvalue weighted by Crippen LogP contribution is 2.18. The molecular weight excluding hydrogens is 334 g/mol. The maximum absolute atomic E-state index is 12.2. The highest BCUT2D eigenvalue weighted by atomic mass is 79.9. The highest BCUT2D eigenvalue weighted by molar-refractivity contribution is 9.11. The van der Waals surface area contributed by atoms with Crippen molar-refractivity contribution < 1.29 is 0 Å². The molecule has 94 valence electrons. The van der Waals surface area contributed by atoms with E-state index in [-0.39, 0.29) is 5.56 Å². The van der Waals surface area contributed by atoms with Crippen molar-refractivity contribution in [3.8, 4) is 0 Å². The average Bonchev–Trinajstić information content (AvgIpc) is 2.61. The van der Waals surface area contributed by atoms with Gasteiger partial charge >= 0.3 is 0 Å². The van der Waals surface area contributed by atoms with Crippen LogP contribution in [-0.4, -0.2) is 14.1 Å². The van der Waals surface area contributed by atoms with E-state index in [9.17, 15) is 4.79 Å². The van der Waals surface area contributed by atoms with Crippen LogP contribution in [0.25, 0.3) is 10.3 Å². The standard InChI is InChI=1S/C11H10BrN3OS2/c1-3-4-15-9-8(18-11(15)17)10(16)14(6-13-9)5-7(2)12/h3,6H,1-2,4-5H2. The average molecular weight is 344 g/mol.